The van der Waals surface area contributed by atoms with Crippen molar-refractivity contribution in [1.82, 2.24) is 5.32 Å². The van der Waals surface area contributed by atoms with E-state index < -0.39 is 0 Å². The van der Waals surface area contributed by atoms with Gasteiger partial charge in [0.15, 0.2) is 0 Å². The van der Waals surface area contributed by atoms with Gasteiger partial charge in [0, 0.05) is 40.8 Å². The number of carbonyl (C=O) groups excluding carboxylic acids is 1. The van der Waals surface area contributed by atoms with Gasteiger partial charge in [-0.2, -0.15) is 0 Å². The molecule has 0 saturated heterocycles. The second-order valence-corrected chi connectivity index (χ2v) is 11.6. The Labute approximate surface area is 209 Å². The van der Waals surface area contributed by atoms with Gasteiger partial charge >= 0.3 is 6.03 Å². The Morgan fingerprint density at radius 2 is 1.26 bits per heavy atom. The lowest BCUT2D eigenvalue weighted by Crippen LogP contribution is -2.47. The van der Waals surface area contributed by atoms with Crippen molar-refractivity contribution in [2.45, 2.75) is 63.8 Å². The fourth-order valence-corrected chi connectivity index (χ4v) is 5.93. The minimum atomic E-state index is -0.305. The van der Waals surface area contributed by atoms with Gasteiger partial charge in [0.05, 0.1) is 0 Å². The molecule has 182 valence electrons. The van der Waals surface area contributed by atoms with Crippen LogP contribution in [0.25, 0.3) is 0 Å². The summed E-state index contributed by atoms with van der Waals surface area (Å²) in [5, 5.41) is 6.22. The molecule has 4 nitrogen and oxygen atoms in total. The normalized spacial score (nSPS) is 23.4. The lowest BCUT2D eigenvalue weighted by atomic mass is 9.64. The zero-order valence-corrected chi connectivity index (χ0v) is 21.6. The lowest BCUT2D eigenvalue weighted by Gasteiger charge is -2.50. The molecule has 0 bridgehead atoms. The Hall–Kier alpha value is -3.27. The maximum Gasteiger partial charge on any atom is 0.319 e. The summed E-state index contributed by atoms with van der Waals surface area (Å²) in [6, 6.07) is 25.9. The van der Waals surface area contributed by atoms with Crippen molar-refractivity contribution < 1.29 is 4.79 Å². The largest absolute Gasteiger partial charge is 0.371 e. The van der Waals surface area contributed by atoms with E-state index in [1.807, 2.05) is 20.8 Å². The Balaban J connectivity index is 1.71. The Morgan fingerprint density at radius 1 is 0.800 bits per heavy atom. The highest BCUT2D eigenvalue weighted by atomic mass is 16.2. The van der Waals surface area contributed by atoms with E-state index >= 15 is 0 Å². The van der Waals surface area contributed by atoms with E-state index in [-0.39, 0.29) is 22.4 Å². The van der Waals surface area contributed by atoms with E-state index in [2.05, 4.69) is 102 Å². The summed E-state index contributed by atoms with van der Waals surface area (Å²) in [5.74, 6) is 0. The van der Waals surface area contributed by atoms with Crippen molar-refractivity contribution in [3.63, 3.8) is 0 Å². The maximum absolute atomic E-state index is 12.9. The van der Waals surface area contributed by atoms with Crippen LogP contribution in [0, 0.1) is 0 Å². The van der Waals surface area contributed by atoms with E-state index in [4.69, 9.17) is 0 Å². The maximum atomic E-state index is 12.9. The molecule has 35 heavy (non-hydrogen) atoms. The standard InChI is InChI=1S/C31H37N3O/c1-29(2,3)33-28(35)32-24-20-25-27-26(21-24)31(5,23-14-10-7-11-15-23)17-19-34(27)18-16-30(25,4)22-12-8-6-9-13-22/h6-15,20-21H,16-19H2,1-5H3,(H2,32,33,35)/t30-,31+. The Morgan fingerprint density at radius 3 is 1.69 bits per heavy atom. The van der Waals surface area contributed by atoms with Gasteiger partial charge in [-0.1, -0.05) is 74.5 Å². The van der Waals surface area contributed by atoms with Crippen LogP contribution in [0.15, 0.2) is 72.8 Å². The van der Waals surface area contributed by atoms with Crippen molar-refractivity contribution in [2.75, 3.05) is 23.3 Å². The molecule has 2 atom stereocenters. The van der Waals surface area contributed by atoms with Crippen molar-refractivity contribution in [2.24, 2.45) is 0 Å². The number of amides is 2. The zero-order valence-electron chi connectivity index (χ0n) is 21.6. The number of hydrogen-bond donors (Lipinski definition) is 2. The van der Waals surface area contributed by atoms with Crippen LogP contribution < -0.4 is 15.5 Å². The second kappa shape index (κ2) is 8.44. The molecular weight excluding hydrogens is 430 g/mol. The van der Waals surface area contributed by atoms with Crippen molar-refractivity contribution in [3.05, 3.63) is 95.1 Å². The summed E-state index contributed by atoms with van der Waals surface area (Å²) in [6.45, 7) is 12.8. The number of nitrogens with zero attached hydrogens (tertiary/aromatic N) is 1. The fraction of sp³-hybridized carbons (Fsp3) is 0.387. The number of benzene rings is 3. The summed E-state index contributed by atoms with van der Waals surface area (Å²) >= 11 is 0. The molecule has 2 aliphatic heterocycles. The highest BCUT2D eigenvalue weighted by Crippen LogP contribution is 2.54. The van der Waals surface area contributed by atoms with Crippen molar-refractivity contribution >= 4 is 17.4 Å². The molecule has 2 heterocycles. The van der Waals surface area contributed by atoms with Crippen LogP contribution in [0.2, 0.25) is 0 Å². The van der Waals surface area contributed by atoms with Gasteiger partial charge in [0.2, 0.25) is 0 Å². The lowest BCUT2D eigenvalue weighted by molar-refractivity contribution is 0.244. The van der Waals surface area contributed by atoms with Gasteiger partial charge in [0.1, 0.15) is 0 Å². The molecule has 5 rings (SSSR count). The number of anilines is 2. The summed E-state index contributed by atoms with van der Waals surface area (Å²) in [5.41, 5.74) is 6.90. The summed E-state index contributed by atoms with van der Waals surface area (Å²) in [7, 11) is 0. The van der Waals surface area contributed by atoms with Crippen LogP contribution in [0.4, 0.5) is 16.2 Å². The number of rotatable bonds is 3. The molecular formula is C31H37N3O. The number of carbonyl (C=O) groups is 1. The van der Waals surface area contributed by atoms with Crippen LogP contribution in [0.3, 0.4) is 0 Å². The van der Waals surface area contributed by atoms with Gasteiger partial charge in [-0.25, -0.2) is 4.79 Å². The molecule has 0 saturated carbocycles. The van der Waals surface area contributed by atoms with Gasteiger partial charge in [0.25, 0.3) is 0 Å². The average Bonchev–Trinajstić information content (AvgIpc) is 2.83. The monoisotopic (exact) mass is 467 g/mol. The molecule has 4 heteroatoms. The van der Waals surface area contributed by atoms with E-state index in [9.17, 15) is 4.79 Å². The topological polar surface area (TPSA) is 44.4 Å². The van der Waals surface area contributed by atoms with Crippen LogP contribution in [0.5, 0.6) is 0 Å². The Kier molecular flexibility index (Phi) is 5.66. The first-order chi connectivity index (χ1) is 16.6. The highest BCUT2D eigenvalue weighted by molar-refractivity contribution is 5.91. The quantitative estimate of drug-likeness (QED) is 0.443. The molecule has 0 fully saturated rings. The van der Waals surface area contributed by atoms with Gasteiger partial charge in [-0.05, 0) is 68.0 Å². The summed E-state index contributed by atoms with van der Waals surface area (Å²) < 4.78 is 0. The predicted molar refractivity (Wildman–Crippen MR) is 146 cm³/mol. The third-order valence-corrected chi connectivity index (χ3v) is 7.95. The molecule has 0 spiro atoms. The first-order valence-corrected chi connectivity index (χ1v) is 12.7. The molecule has 2 amide bonds. The minimum absolute atomic E-state index is 0.130. The van der Waals surface area contributed by atoms with Crippen LogP contribution >= 0.6 is 0 Å². The van der Waals surface area contributed by atoms with Crippen LogP contribution in [-0.2, 0) is 10.8 Å². The Bertz CT molecular complexity index is 1150. The fourth-order valence-electron chi connectivity index (χ4n) is 5.93. The number of hydrogen-bond acceptors (Lipinski definition) is 2. The molecule has 3 aromatic rings. The summed E-state index contributed by atoms with van der Waals surface area (Å²) in [4.78, 5) is 15.5. The molecule has 0 aromatic heterocycles. The van der Waals surface area contributed by atoms with E-state index in [1.54, 1.807) is 0 Å². The third kappa shape index (κ3) is 4.20. The molecule has 0 aliphatic carbocycles. The zero-order chi connectivity index (χ0) is 24.8. The first-order valence-electron chi connectivity index (χ1n) is 12.7. The molecule has 2 N–H and O–H groups in total. The average molecular weight is 468 g/mol. The SMILES string of the molecule is CC(C)(C)NC(=O)Nc1cc2c3c(c1)[C@@](C)(c1ccccc1)CCN3CC[C@@]2(C)c1ccccc1. The van der Waals surface area contributed by atoms with E-state index in [1.165, 1.54) is 27.9 Å². The van der Waals surface area contributed by atoms with E-state index in [0.717, 1.165) is 31.6 Å². The molecule has 0 unspecified atom stereocenters. The smallest absolute Gasteiger partial charge is 0.319 e. The predicted octanol–water partition coefficient (Wildman–Crippen LogP) is 6.83. The number of nitrogens with one attached hydrogen (secondary N) is 2. The van der Waals surface area contributed by atoms with Crippen LogP contribution in [-0.4, -0.2) is 24.7 Å². The third-order valence-electron chi connectivity index (χ3n) is 7.95. The van der Waals surface area contributed by atoms with Crippen molar-refractivity contribution in [3.8, 4) is 0 Å². The number of urea groups is 1. The first kappa shape index (κ1) is 23.5. The highest BCUT2D eigenvalue weighted by Gasteiger charge is 2.45. The molecule has 3 aromatic carbocycles. The summed E-state index contributed by atoms with van der Waals surface area (Å²) in [6.07, 6.45) is 2.09. The molecule has 0 radical (unpaired) electrons. The van der Waals surface area contributed by atoms with Crippen molar-refractivity contribution in [1.29, 1.82) is 0 Å². The van der Waals surface area contributed by atoms with Crippen LogP contribution in [0.1, 0.15) is 69.7 Å². The van der Waals surface area contributed by atoms with Gasteiger partial charge < -0.3 is 15.5 Å². The van der Waals surface area contributed by atoms with Gasteiger partial charge in [-0.3, -0.25) is 0 Å². The minimum Gasteiger partial charge on any atom is -0.371 e. The van der Waals surface area contributed by atoms with Gasteiger partial charge in [-0.15, -0.1) is 0 Å². The molecule has 2 aliphatic rings. The second-order valence-electron chi connectivity index (χ2n) is 11.6. The van der Waals surface area contributed by atoms with E-state index in [0.29, 0.717) is 0 Å².